The van der Waals surface area contributed by atoms with Gasteiger partial charge in [0.2, 0.25) is 0 Å². The Labute approximate surface area is 118 Å². The number of esters is 1. The van der Waals surface area contributed by atoms with Gasteiger partial charge in [-0.25, -0.2) is 9.78 Å². The average molecular weight is 268 g/mol. The minimum Gasteiger partial charge on any atom is -0.457 e. The van der Waals surface area contributed by atoms with Crippen molar-refractivity contribution in [3.63, 3.8) is 0 Å². The second-order valence-electron chi connectivity index (χ2n) is 4.16. The third-order valence-electron chi connectivity index (χ3n) is 2.87. The highest BCUT2D eigenvalue weighted by Gasteiger charge is 2.18. The molecule has 0 saturated carbocycles. The summed E-state index contributed by atoms with van der Waals surface area (Å²) in [5, 5.41) is 0. The standard InChI is InChI=1S/C16H16N2O2/c1-3-10-20-16(19)15-11-17-12-18(15)14(4-2)13-8-6-5-7-9-13/h3-9,11-12,14H,1-2,10H2. The molecule has 0 amide bonds. The normalized spacial score (nSPS) is 11.6. The second kappa shape index (κ2) is 6.52. The minimum atomic E-state index is -0.426. The largest absolute Gasteiger partial charge is 0.457 e. The van der Waals surface area contributed by atoms with Crippen LogP contribution < -0.4 is 0 Å². The summed E-state index contributed by atoms with van der Waals surface area (Å²) < 4.78 is 6.80. The van der Waals surface area contributed by atoms with Crippen molar-refractivity contribution in [3.05, 3.63) is 79.4 Å². The van der Waals surface area contributed by atoms with E-state index in [0.29, 0.717) is 5.69 Å². The first kappa shape index (κ1) is 13.8. The molecule has 1 unspecified atom stereocenters. The number of hydrogen-bond donors (Lipinski definition) is 0. The van der Waals surface area contributed by atoms with Crippen molar-refractivity contribution in [2.75, 3.05) is 6.61 Å². The first-order valence-electron chi connectivity index (χ1n) is 6.25. The van der Waals surface area contributed by atoms with Crippen molar-refractivity contribution < 1.29 is 9.53 Å². The van der Waals surface area contributed by atoms with Gasteiger partial charge in [-0.05, 0) is 5.56 Å². The number of aromatic nitrogens is 2. The second-order valence-corrected chi connectivity index (χ2v) is 4.16. The molecule has 4 heteroatoms. The highest BCUT2D eigenvalue weighted by molar-refractivity contribution is 5.87. The number of ether oxygens (including phenoxy) is 1. The molecule has 0 bridgehead atoms. The van der Waals surface area contributed by atoms with E-state index in [1.165, 1.54) is 12.3 Å². The Balaban J connectivity index is 2.32. The van der Waals surface area contributed by atoms with Gasteiger partial charge in [-0.1, -0.05) is 49.1 Å². The molecule has 0 saturated heterocycles. The summed E-state index contributed by atoms with van der Waals surface area (Å²) in [7, 11) is 0. The van der Waals surface area contributed by atoms with Gasteiger partial charge < -0.3 is 9.30 Å². The summed E-state index contributed by atoms with van der Waals surface area (Å²) in [6, 6.07) is 9.62. The summed E-state index contributed by atoms with van der Waals surface area (Å²) in [6.07, 6.45) is 6.39. The van der Waals surface area contributed by atoms with E-state index in [1.807, 2.05) is 30.3 Å². The lowest BCUT2D eigenvalue weighted by Gasteiger charge is -2.17. The molecule has 0 fully saturated rings. The van der Waals surface area contributed by atoms with Crippen LogP contribution in [0.15, 0.2) is 68.2 Å². The molecule has 20 heavy (non-hydrogen) atoms. The van der Waals surface area contributed by atoms with E-state index in [4.69, 9.17) is 4.74 Å². The molecule has 0 aliphatic heterocycles. The third-order valence-corrected chi connectivity index (χ3v) is 2.87. The number of carbonyl (C=O) groups excluding carboxylic acids is 1. The Bertz CT molecular complexity index is 602. The molecule has 0 spiro atoms. The fourth-order valence-corrected chi connectivity index (χ4v) is 1.95. The first-order valence-corrected chi connectivity index (χ1v) is 6.25. The maximum atomic E-state index is 12.0. The van der Waals surface area contributed by atoms with Gasteiger partial charge >= 0.3 is 5.97 Å². The molecule has 1 heterocycles. The molecule has 1 aromatic carbocycles. The summed E-state index contributed by atoms with van der Waals surface area (Å²) in [5.41, 5.74) is 1.42. The van der Waals surface area contributed by atoms with Crippen molar-refractivity contribution in [1.82, 2.24) is 9.55 Å². The summed E-state index contributed by atoms with van der Waals surface area (Å²) in [6.45, 7) is 7.53. The van der Waals surface area contributed by atoms with Gasteiger partial charge in [0, 0.05) is 0 Å². The number of hydrogen-bond acceptors (Lipinski definition) is 3. The number of allylic oxidation sites excluding steroid dienone is 1. The van der Waals surface area contributed by atoms with E-state index in [1.54, 1.807) is 17.0 Å². The van der Waals surface area contributed by atoms with Crippen molar-refractivity contribution in [2.24, 2.45) is 0 Å². The summed E-state index contributed by atoms with van der Waals surface area (Å²) in [5.74, 6) is -0.426. The van der Waals surface area contributed by atoms with E-state index in [2.05, 4.69) is 18.1 Å². The van der Waals surface area contributed by atoms with E-state index in [-0.39, 0.29) is 12.6 Å². The van der Waals surface area contributed by atoms with Crippen LogP contribution in [0.2, 0.25) is 0 Å². The van der Waals surface area contributed by atoms with Gasteiger partial charge in [-0.15, -0.1) is 6.58 Å². The predicted octanol–water partition coefficient (Wildman–Crippen LogP) is 3.00. The molecule has 2 rings (SSSR count). The van der Waals surface area contributed by atoms with Crippen LogP contribution in [0.1, 0.15) is 22.1 Å². The monoisotopic (exact) mass is 268 g/mol. The van der Waals surface area contributed by atoms with Gasteiger partial charge in [0.15, 0.2) is 0 Å². The summed E-state index contributed by atoms with van der Waals surface area (Å²) in [4.78, 5) is 16.0. The topological polar surface area (TPSA) is 44.1 Å². The minimum absolute atomic E-state index is 0.162. The molecule has 0 N–H and O–H groups in total. The number of carbonyl (C=O) groups is 1. The molecular weight excluding hydrogens is 252 g/mol. The number of rotatable bonds is 6. The molecule has 0 radical (unpaired) electrons. The molecule has 0 aliphatic carbocycles. The Hall–Kier alpha value is -2.62. The summed E-state index contributed by atoms with van der Waals surface area (Å²) >= 11 is 0. The van der Waals surface area contributed by atoms with Crippen LogP contribution in [0.25, 0.3) is 0 Å². The van der Waals surface area contributed by atoms with Crippen LogP contribution in [0, 0.1) is 0 Å². The van der Waals surface area contributed by atoms with Crippen LogP contribution in [0.5, 0.6) is 0 Å². The van der Waals surface area contributed by atoms with Gasteiger partial charge in [0.1, 0.15) is 12.3 Å². The van der Waals surface area contributed by atoms with E-state index in [0.717, 1.165) is 5.56 Å². The molecule has 1 atom stereocenters. The van der Waals surface area contributed by atoms with Gasteiger partial charge in [-0.3, -0.25) is 0 Å². The van der Waals surface area contributed by atoms with E-state index >= 15 is 0 Å². The third kappa shape index (κ3) is 2.85. The van der Waals surface area contributed by atoms with Crippen LogP contribution in [-0.4, -0.2) is 22.1 Å². The fourth-order valence-electron chi connectivity index (χ4n) is 1.95. The smallest absolute Gasteiger partial charge is 0.356 e. The SMILES string of the molecule is C=CCOC(=O)c1cncn1C(C=C)c1ccccc1. The zero-order valence-corrected chi connectivity index (χ0v) is 11.1. The Kier molecular flexibility index (Phi) is 4.50. The zero-order valence-electron chi connectivity index (χ0n) is 11.1. The lowest BCUT2D eigenvalue weighted by Crippen LogP contribution is -2.16. The number of imidazole rings is 1. The molecule has 102 valence electrons. The van der Waals surface area contributed by atoms with Crippen LogP contribution >= 0.6 is 0 Å². The lowest BCUT2D eigenvalue weighted by molar-refractivity contribution is 0.0537. The van der Waals surface area contributed by atoms with Crippen LogP contribution in [0.3, 0.4) is 0 Å². The van der Waals surface area contributed by atoms with Gasteiger partial charge in [0.25, 0.3) is 0 Å². The predicted molar refractivity (Wildman–Crippen MR) is 77.5 cm³/mol. The Morgan fingerprint density at radius 3 is 2.75 bits per heavy atom. The van der Waals surface area contributed by atoms with E-state index in [9.17, 15) is 4.79 Å². The highest BCUT2D eigenvalue weighted by Crippen LogP contribution is 2.21. The van der Waals surface area contributed by atoms with E-state index < -0.39 is 5.97 Å². The molecule has 2 aromatic rings. The first-order chi connectivity index (χ1) is 9.77. The quantitative estimate of drug-likeness (QED) is 0.597. The highest BCUT2D eigenvalue weighted by atomic mass is 16.5. The van der Waals surface area contributed by atoms with Gasteiger partial charge in [-0.2, -0.15) is 0 Å². The van der Waals surface area contributed by atoms with Crippen molar-refractivity contribution >= 4 is 5.97 Å². The molecule has 1 aromatic heterocycles. The number of benzene rings is 1. The average Bonchev–Trinajstić information content (AvgIpc) is 2.96. The molecular formula is C16H16N2O2. The van der Waals surface area contributed by atoms with Gasteiger partial charge in [0.05, 0.1) is 18.6 Å². The maximum Gasteiger partial charge on any atom is 0.356 e. The van der Waals surface area contributed by atoms with Crippen molar-refractivity contribution in [2.45, 2.75) is 6.04 Å². The zero-order chi connectivity index (χ0) is 14.4. The number of nitrogens with zero attached hydrogens (tertiary/aromatic N) is 2. The maximum absolute atomic E-state index is 12.0. The Morgan fingerprint density at radius 2 is 2.10 bits per heavy atom. The van der Waals surface area contributed by atoms with Crippen LogP contribution in [0.4, 0.5) is 0 Å². The van der Waals surface area contributed by atoms with Crippen molar-refractivity contribution in [3.8, 4) is 0 Å². The molecule has 4 nitrogen and oxygen atoms in total. The lowest BCUT2D eigenvalue weighted by atomic mass is 10.1. The molecule has 0 aliphatic rings. The Morgan fingerprint density at radius 1 is 1.35 bits per heavy atom. The fraction of sp³-hybridized carbons (Fsp3) is 0.125. The van der Waals surface area contributed by atoms with Crippen molar-refractivity contribution in [1.29, 1.82) is 0 Å². The van der Waals surface area contributed by atoms with Crippen LogP contribution in [-0.2, 0) is 4.74 Å².